The van der Waals surface area contributed by atoms with E-state index in [1.165, 1.54) is 6.08 Å². The van der Waals surface area contributed by atoms with Crippen LogP contribution in [0, 0.1) is 0 Å². The van der Waals surface area contributed by atoms with E-state index in [4.69, 9.17) is 18.9 Å². The minimum absolute atomic E-state index is 0.162. The van der Waals surface area contributed by atoms with Gasteiger partial charge in [-0.3, -0.25) is 19.3 Å². The summed E-state index contributed by atoms with van der Waals surface area (Å²) in [4.78, 5) is 48.7. The molecule has 10 heteroatoms. The lowest BCUT2D eigenvalue weighted by atomic mass is 10.2. The maximum atomic E-state index is 12.5. The Balaban J connectivity index is 2.16. The fraction of sp³-hybridized carbons (Fsp3) is 0.400. The quantitative estimate of drug-likeness (QED) is 0.403. The minimum Gasteiger partial charge on any atom is -0.490 e. The second-order valence-electron chi connectivity index (χ2n) is 5.81. The lowest BCUT2D eigenvalue weighted by molar-refractivity contribution is -0.146. The van der Waals surface area contributed by atoms with E-state index < -0.39 is 29.6 Å². The standard InChI is InChI=1S/C20H23NO8S/c1-4-26-15-9-13(7-8-14(15)29-12-18(23)28-6-3)10-16-19(24)21(20(25)30-16)11-17(22)27-5-2/h7-10H,4-6,11-12H2,1-3H3. The molecule has 0 radical (unpaired) electrons. The maximum Gasteiger partial charge on any atom is 0.344 e. The Morgan fingerprint density at radius 2 is 1.67 bits per heavy atom. The SMILES string of the molecule is CCOC(=O)COc1ccc(C=C2SC(=O)N(CC(=O)OCC)C2=O)cc1OCC. The van der Waals surface area contributed by atoms with Crippen LogP contribution < -0.4 is 9.47 Å². The molecule has 0 bridgehead atoms. The summed E-state index contributed by atoms with van der Waals surface area (Å²) < 4.78 is 20.6. The van der Waals surface area contributed by atoms with Crippen LogP contribution in [0.1, 0.15) is 26.3 Å². The van der Waals surface area contributed by atoms with Gasteiger partial charge in [0.2, 0.25) is 0 Å². The van der Waals surface area contributed by atoms with Crippen molar-refractivity contribution in [3.63, 3.8) is 0 Å². The average Bonchev–Trinajstić information content (AvgIpc) is 2.95. The summed E-state index contributed by atoms with van der Waals surface area (Å²) in [5.41, 5.74) is 0.587. The molecule has 0 unspecified atom stereocenters. The first-order valence-corrected chi connectivity index (χ1v) is 10.2. The van der Waals surface area contributed by atoms with Gasteiger partial charge in [0, 0.05) is 0 Å². The molecule has 1 saturated heterocycles. The van der Waals surface area contributed by atoms with Crippen LogP contribution >= 0.6 is 11.8 Å². The van der Waals surface area contributed by atoms with Gasteiger partial charge >= 0.3 is 11.9 Å². The van der Waals surface area contributed by atoms with Crippen LogP contribution in [0.4, 0.5) is 4.79 Å². The Bertz CT molecular complexity index is 851. The zero-order valence-corrected chi connectivity index (χ0v) is 17.8. The van der Waals surface area contributed by atoms with Crippen molar-refractivity contribution in [2.45, 2.75) is 20.8 Å². The van der Waals surface area contributed by atoms with Gasteiger partial charge in [-0.05, 0) is 56.3 Å². The molecular formula is C20H23NO8S. The van der Waals surface area contributed by atoms with Crippen LogP contribution in [-0.2, 0) is 23.9 Å². The third-order valence-corrected chi connectivity index (χ3v) is 4.59. The van der Waals surface area contributed by atoms with Gasteiger partial charge in [0.15, 0.2) is 18.1 Å². The highest BCUT2D eigenvalue weighted by Crippen LogP contribution is 2.34. The molecule has 9 nitrogen and oxygen atoms in total. The molecule has 0 saturated carbocycles. The van der Waals surface area contributed by atoms with Crippen LogP contribution in [0.5, 0.6) is 11.5 Å². The largest absolute Gasteiger partial charge is 0.490 e. The molecule has 1 heterocycles. The van der Waals surface area contributed by atoms with Gasteiger partial charge in [0.25, 0.3) is 11.1 Å². The van der Waals surface area contributed by atoms with Crippen molar-refractivity contribution in [2.75, 3.05) is 33.0 Å². The zero-order chi connectivity index (χ0) is 22.1. The highest BCUT2D eigenvalue weighted by Gasteiger charge is 2.36. The van der Waals surface area contributed by atoms with Crippen LogP contribution in [0.3, 0.4) is 0 Å². The second-order valence-corrected chi connectivity index (χ2v) is 6.80. The molecule has 0 N–H and O–H groups in total. The van der Waals surface area contributed by atoms with Gasteiger partial charge in [0.05, 0.1) is 24.7 Å². The third-order valence-electron chi connectivity index (χ3n) is 3.68. The number of thioether (sulfide) groups is 1. The first kappa shape index (κ1) is 23.3. The summed E-state index contributed by atoms with van der Waals surface area (Å²) in [6, 6.07) is 4.88. The van der Waals surface area contributed by atoms with Crippen LogP contribution in [0.2, 0.25) is 0 Å². The van der Waals surface area contributed by atoms with Gasteiger partial charge in [-0.25, -0.2) is 4.79 Å². The van der Waals surface area contributed by atoms with Crippen LogP contribution in [-0.4, -0.2) is 61.0 Å². The van der Waals surface area contributed by atoms with Gasteiger partial charge < -0.3 is 18.9 Å². The molecule has 1 aromatic carbocycles. The Labute approximate surface area is 178 Å². The molecule has 1 aliphatic rings. The van der Waals surface area contributed by atoms with Crippen molar-refractivity contribution in [1.82, 2.24) is 4.90 Å². The number of benzene rings is 1. The molecule has 0 aromatic heterocycles. The van der Waals surface area contributed by atoms with E-state index in [9.17, 15) is 19.2 Å². The van der Waals surface area contributed by atoms with Crippen LogP contribution in [0.25, 0.3) is 6.08 Å². The normalized spacial score (nSPS) is 14.8. The van der Waals surface area contributed by atoms with Gasteiger partial charge in [0.1, 0.15) is 6.54 Å². The highest BCUT2D eigenvalue weighted by atomic mass is 32.2. The van der Waals surface area contributed by atoms with E-state index >= 15 is 0 Å². The number of ether oxygens (including phenoxy) is 4. The first-order chi connectivity index (χ1) is 14.4. The molecular weight excluding hydrogens is 414 g/mol. The molecule has 1 aliphatic heterocycles. The topological polar surface area (TPSA) is 108 Å². The van der Waals surface area contributed by atoms with Gasteiger partial charge in [-0.1, -0.05) is 6.07 Å². The maximum absolute atomic E-state index is 12.5. The number of imide groups is 1. The smallest absolute Gasteiger partial charge is 0.344 e. The van der Waals surface area contributed by atoms with Crippen LogP contribution in [0.15, 0.2) is 23.1 Å². The second kappa shape index (κ2) is 11.2. The predicted molar refractivity (Wildman–Crippen MR) is 109 cm³/mol. The first-order valence-electron chi connectivity index (χ1n) is 9.35. The summed E-state index contributed by atoms with van der Waals surface area (Å²) in [6.45, 7) is 5.22. The Morgan fingerprint density at radius 1 is 0.967 bits per heavy atom. The number of rotatable bonds is 10. The number of carbonyl (C=O) groups excluding carboxylic acids is 4. The molecule has 0 aliphatic carbocycles. The van der Waals surface area contributed by atoms with Crippen molar-refractivity contribution < 1.29 is 38.1 Å². The molecule has 2 amide bonds. The monoisotopic (exact) mass is 437 g/mol. The molecule has 2 rings (SSSR count). The summed E-state index contributed by atoms with van der Waals surface area (Å²) in [6.07, 6.45) is 1.52. The number of hydrogen-bond donors (Lipinski definition) is 0. The lowest BCUT2D eigenvalue weighted by Crippen LogP contribution is -2.34. The highest BCUT2D eigenvalue weighted by molar-refractivity contribution is 8.18. The summed E-state index contributed by atoms with van der Waals surface area (Å²) >= 11 is 0.737. The molecule has 0 spiro atoms. The van der Waals surface area contributed by atoms with E-state index in [0.29, 0.717) is 23.7 Å². The Kier molecular flexibility index (Phi) is 8.72. The van der Waals surface area contributed by atoms with Gasteiger partial charge in [-0.15, -0.1) is 0 Å². The summed E-state index contributed by atoms with van der Waals surface area (Å²) in [7, 11) is 0. The van der Waals surface area contributed by atoms with Gasteiger partial charge in [-0.2, -0.15) is 0 Å². The molecule has 0 atom stereocenters. The average molecular weight is 437 g/mol. The van der Waals surface area contributed by atoms with Crippen molar-refractivity contribution in [3.05, 3.63) is 28.7 Å². The molecule has 162 valence electrons. The van der Waals surface area contributed by atoms with Crippen molar-refractivity contribution in [2.24, 2.45) is 0 Å². The fourth-order valence-electron chi connectivity index (χ4n) is 2.46. The summed E-state index contributed by atoms with van der Waals surface area (Å²) in [5, 5.41) is -0.543. The number of hydrogen-bond acceptors (Lipinski definition) is 9. The minimum atomic E-state index is -0.650. The number of amides is 2. The Hall–Kier alpha value is -3.01. The van der Waals surface area contributed by atoms with E-state index in [-0.39, 0.29) is 24.7 Å². The van der Waals surface area contributed by atoms with Crippen molar-refractivity contribution >= 4 is 40.9 Å². The molecule has 30 heavy (non-hydrogen) atoms. The number of carbonyl (C=O) groups is 4. The molecule has 1 aromatic rings. The zero-order valence-electron chi connectivity index (χ0n) is 17.0. The summed E-state index contributed by atoms with van der Waals surface area (Å²) in [5.74, 6) is -1.00. The van der Waals surface area contributed by atoms with E-state index in [0.717, 1.165) is 16.7 Å². The van der Waals surface area contributed by atoms with Crippen molar-refractivity contribution in [1.29, 1.82) is 0 Å². The van der Waals surface area contributed by atoms with E-state index in [1.807, 2.05) is 0 Å². The van der Waals surface area contributed by atoms with E-state index in [1.54, 1.807) is 39.0 Å². The number of nitrogens with zero attached hydrogens (tertiary/aromatic N) is 1. The fourth-order valence-corrected chi connectivity index (χ4v) is 3.30. The Morgan fingerprint density at radius 3 is 2.33 bits per heavy atom. The number of esters is 2. The molecule has 1 fully saturated rings. The lowest BCUT2D eigenvalue weighted by Gasteiger charge is -2.12. The third kappa shape index (κ3) is 6.24. The predicted octanol–water partition coefficient (Wildman–Crippen LogP) is 2.63. The van der Waals surface area contributed by atoms with E-state index in [2.05, 4.69) is 0 Å². The van der Waals surface area contributed by atoms with Crippen molar-refractivity contribution in [3.8, 4) is 11.5 Å².